The second-order valence-corrected chi connectivity index (χ2v) is 6.71. The van der Waals surface area contributed by atoms with Gasteiger partial charge in [0.2, 0.25) is 0 Å². The molecule has 0 heterocycles. The van der Waals surface area contributed by atoms with Crippen LogP contribution in [0.3, 0.4) is 0 Å². The van der Waals surface area contributed by atoms with E-state index in [1.54, 1.807) is 43.3 Å². The van der Waals surface area contributed by atoms with Crippen molar-refractivity contribution in [3.8, 4) is 5.75 Å². The maximum Gasteiger partial charge on any atom is 0.265 e. The van der Waals surface area contributed by atoms with Crippen LogP contribution in [0.25, 0.3) is 0 Å². The zero-order valence-electron chi connectivity index (χ0n) is 16.5. The zero-order valence-corrected chi connectivity index (χ0v) is 16.5. The summed E-state index contributed by atoms with van der Waals surface area (Å²) in [5, 5.41) is 5.77. The van der Waals surface area contributed by atoms with E-state index in [0.717, 1.165) is 5.56 Å². The van der Waals surface area contributed by atoms with Gasteiger partial charge in [-0.05, 0) is 43.7 Å². The summed E-state index contributed by atoms with van der Waals surface area (Å²) in [6.07, 6.45) is -0.711. The van der Waals surface area contributed by atoms with E-state index in [0.29, 0.717) is 17.0 Å². The summed E-state index contributed by atoms with van der Waals surface area (Å²) in [5.74, 6) is 0.0250. The van der Waals surface area contributed by atoms with Gasteiger partial charge >= 0.3 is 0 Å². The van der Waals surface area contributed by atoms with Crippen molar-refractivity contribution in [1.29, 1.82) is 0 Å². The average Bonchev–Trinajstić information content (AvgIpc) is 2.75. The van der Waals surface area contributed by atoms with Crippen LogP contribution in [0.1, 0.15) is 35.8 Å². The van der Waals surface area contributed by atoms with Crippen LogP contribution in [-0.4, -0.2) is 17.9 Å². The highest BCUT2D eigenvalue weighted by atomic mass is 16.5. The van der Waals surface area contributed by atoms with Crippen LogP contribution in [-0.2, 0) is 4.79 Å². The molecular weight excluding hydrogens is 364 g/mol. The number of rotatable bonds is 7. The first-order chi connectivity index (χ1) is 14.0. The van der Waals surface area contributed by atoms with Gasteiger partial charge in [0.05, 0.1) is 17.3 Å². The SMILES string of the molecule is CC(Oc1ccccc1)C(=O)Nc1ccccc1C(=O)NC(C)c1ccccc1. The fourth-order valence-corrected chi connectivity index (χ4v) is 2.88. The zero-order chi connectivity index (χ0) is 20.6. The normalized spacial score (nSPS) is 12.5. The van der Waals surface area contributed by atoms with E-state index in [9.17, 15) is 9.59 Å². The van der Waals surface area contributed by atoms with Crippen LogP contribution in [0, 0.1) is 0 Å². The van der Waals surface area contributed by atoms with Crippen LogP contribution in [0.15, 0.2) is 84.9 Å². The van der Waals surface area contributed by atoms with E-state index in [1.807, 2.05) is 55.5 Å². The van der Waals surface area contributed by atoms with Crippen LogP contribution < -0.4 is 15.4 Å². The predicted molar refractivity (Wildman–Crippen MR) is 114 cm³/mol. The maximum absolute atomic E-state index is 12.8. The van der Waals surface area contributed by atoms with Crippen molar-refractivity contribution in [3.63, 3.8) is 0 Å². The topological polar surface area (TPSA) is 67.4 Å². The first-order valence-corrected chi connectivity index (χ1v) is 9.52. The second-order valence-electron chi connectivity index (χ2n) is 6.71. The molecule has 0 aliphatic carbocycles. The second kappa shape index (κ2) is 9.55. The van der Waals surface area contributed by atoms with Crippen molar-refractivity contribution < 1.29 is 14.3 Å². The highest BCUT2D eigenvalue weighted by Crippen LogP contribution is 2.19. The number of hydrogen-bond acceptors (Lipinski definition) is 3. The molecule has 2 N–H and O–H groups in total. The first kappa shape index (κ1) is 20.1. The Morgan fingerprint density at radius 3 is 2.07 bits per heavy atom. The molecule has 3 aromatic rings. The first-order valence-electron chi connectivity index (χ1n) is 9.52. The molecule has 0 aliphatic rings. The van der Waals surface area contributed by atoms with Gasteiger partial charge in [0.25, 0.3) is 11.8 Å². The number of carbonyl (C=O) groups excluding carboxylic acids is 2. The minimum absolute atomic E-state index is 0.159. The predicted octanol–water partition coefficient (Wildman–Crippen LogP) is 4.58. The van der Waals surface area contributed by atoms with Crippen LogP contribution in [0.4, 0.5) is 5.69 Å². The Morgan fingerprint density at radius 1 is 0.793 bits per heavy atom. The average molecular weight is 388 g/mol. The molecule has 2 unspecified atom stereocenters. The van der Waals surface area contributed by atoms with Gasteiger partial charge in [-0.15, -0.1) is 0 Å². The van der Waals surface area contributed by atoms with Gasteiger partial charge in [-0.3, -0.25) is 9.59 Å². The number of carbonyl (C=O) groups is 2. The lowest BCUT2D eigenvalue weighted by atomic mass is 10.1. The van der Waals surface area contributed by atoms with Crippen molar-refractivity contribution >= 4 is 17.5 Å². The molecule has 0 saturated heterocycles. The quantitative estimate of drug-likeness (QED) is 0.622. The molecule has 0 saturated carbocycles. The molecule has 148 valence electrons. The number of para-hydroxylation sites is 2. The summed E-state index contributed by atoms with van der Waals surface area (Å²) in [5.41, 5.74) is 1.85. The lowest BCUT2D eigenvalue weighted by Gasteiger charge is -2.18. The van der Waals surface area contributed by atoms with Gasteiger partial charge in [-0.25, -0.2) is 0 Å². The van der Waals surface area contributed by atoms with Gasteiger partial charge in [-0.2, -0.15) is 0 Å². The molecule has 3 rings (SSSR count). The van der Waals surface area contributed by atoms with E-state index in [1.165, 1.54) is 0 Å². The largest absolute Gasteiger partial charge is 0.481 e. The number of ether oxygens (including phenoxy) is 1. The summed E-state index contributed by atoms with van der Waals surface area (Å²) in [6.45, 7) is 3.59. The summed E-state index contributed by atoms with van der Waals surface area (Å²) in [6, 6.07) is 25.6. The van der Waals surface area contributed by atoms with Crippen molar-refractivity contribution in [2.24, 2.45) is 0 Å². The third-order valence-corrected chi connectivity index (χ3v) is 4.50. The molecule has 0 bridgehead atoms. The Labute approximate surface area is 170 Å². The third kappa shape index (κ3) is 5.45. The van der Waals surface area contributed by atoms with E-state index in [-0.39, 0.29) is 17.9 Å². The molecule has 0 aromatic heterocycles. The highest BCUT2D eigenvalue weighted by Gasteiger charge is 2.19. The van der Waals surface area contributed by atoms with Crippen molar-refractivity contribution in [3.05, 3.63) is 96.1 Å². The molecule has 5 heteroatoms. The lowest BCUT2D eigenvalue weighted by Crippen LogP contribution is -2.32. The number of hydrogen-bond donors (Lipinski definition) is 2. The summed E-state index contributed by atoms with van der Waals surface area (Å²) >= 11 is 0. The number of benzene rings is 3. The molecular formula is C24H24N2O3. The van der Waals surface area contributed by atoms with Crippen LogP contribution in [0.2, 0.25) is 0 Å². The minimum atomic E-state index is -0.711. The molecule has 2 amide bonds. The number of anilines is 1. The van der Waals surface area contributed by atoms with E-state index < -0.39 is 6.10 Å². The number of amides is 2. The lowest BCUT2D eigenvalue weighted by molar-refractivity contribution is -0.122. The molecule has 0 radical (unpaired) electrons. The summed E-state index contributed by atoms with van der Waals surface area (Å²) in [4.78, 5) is 25.4. The van der Waals surface area contributed by atoms with Crippen LogP contribution >= 0.6 is 0 Å². The molecule has 2 atom stereocenters. The Hall–Kier alpha value is -3.60. The standard InChI is InChI=1S/C24H24N2O3/c1-17(19-11-5-3-6-12-19)25-24(28)21-15-9-10-16-22(21)26-23(27)18(2)29-20-13-7-4-8-14-20/h3-18H,1-2H3,(H,25,28)(H,26,27). The van der Waals surface area contributed by atoms with Gasteiger partial charge in [-0.1, -0.05) is 60.7 Å². The van der Waals surface area contributed by atoms with E-state index >= 15 is 0 Å². The number of nitrogens with one attached hydrogen (secondary N) is 2. The molecule has 29 heavy (non-hydrogen) atoms. The van der Waals surface area contributed by atoms with E-state index in [2.05, 4.69) is 10.6 Å². The molecule has 5 nitrogen and oxygen atoms in total. The molecule has 0 spiro atoms. The van der Waals surface area contributed by atoms with Gasteiger partial charge in [0.15, 0.2) is 6.10 Å². The summed E-state index contributed by atoms with van der Waals surface area (Å²) < 4.78 is 5.66. The highest BCUT2D eigenvalue weighted by molar-refractivity contribution is 6.04. The van der Waals surface area contributed by atoms with Gasteiger partial charge in [0, 0.05) is 0 Å². The fraction of sp³-hybridized carbons (Fsp3) is 0.167. The smallest absolute Gasteiger partial charge is 0.265 e. The summed E-state index contributed by atoms with van der Waals surface area (Å²) in [7, 11) is 0. The van der Waals surface area contributed by atoms with Crippen molar-refractivity contribution in [2.45, 2.75) is 26.0 Å². The van der Waals surface area contributed by atoms with Gasteiger partial charge < -0.3 is 15.4 Å². The maximum atomic E-state index is 12.8. The minimum Gasteiger partial charge on any atom is -0.481 e. The van der Waals surface area contributed by atoms with E-state index in [4.69, 9.17) is 4.74 Å². The Balaban J connectivity index is 1.68. The molecule has 0 fully saturated rings. The van der Waals surface area contributed by atoms with Crippen molar-refractivity contribution in [2.75, 3.05) is 5.32 Å². The monoisotopic (exact) mass is 388 g/mol. The molecule has 0 aliphatic heterocycles. The Bertz CT molecular complexity index is 958. The Morgan fingerprint density at radius 2 is 1.38 bits per heavy atom. The van der Waals surface area contributed by atoms with Gasteiger partial charge in [0.1, 0.15) is 5.75 Å². The van der Waals surface area contributed by atoms with Crippen molar-refractivity contribution in [1.82, 2.24) is 5.32 Å². The third-order valence-electron chi connectivity index (χ3n) is 4.50. The Kier molecular flexibility index (Phi) is 6.63. The molecule has 3 aromatic carbocycles. The fourth-order valence-electron chi connectivity index (χ4n) is 2.88. The van der Waals surface area contributed by atoms with Crippen LogP contribution in [0.5, 0.6) is 5.75 Å².